The molecule has 0 amide bonds. The molecule has 1 aliphatic rings. The van der Waals surface area contributed by atoms with Gasteiger partial charge in [0.05, 0.1) is 11.1 Å². The molecule has 0 radical (unpaired) electrons. The van der Waals surface area contributed by atoms with Crippen LogP contribution in [0.5, 0.6) is 0 Å². The van der Waals surface area contributed by atoms with Crippen LogP contribution in [-0.2, 0) is 19.1 Å². The highest BCUT2D eigenvalue weighted by Gasteiger charge is 2.32. The average Bonchev–Trinajstić information content (AvgIpc) is 2.59. The van der Waals surface area contributed by atoms with Crippen molar-refractivity contribution in [3.05, 3.63) is 58.6 Å². The van der Waals surface area contributed by atoms with E-state index in [9.17, 15) is 13.2 Å². The summed E-state index contributed by atoms with van der Waals surface area (Å²) in [4.78, 5) is 14.5. The van der Waals surface area contributed by atoms with Crippen molar-refractivity contribution in [3.63, 3.8) is 0 Å². The fraction of sp³-hybridized carbons (Fsp3) is 0.235. The van der Waals surface area contributed by atoms with E-state index in [4.69, 9.17) is 11.6 Å². The fourth-order valence-electron chi connectivity index (χ4n) is 3.03. The molecule has 0 atom stereocenters. The maximum absolute atomic E-state index is 12.9. The van der Waals surface area contributed by atoms with Gasteiger partial charge in [-0.3, -0.25) is 4.98 Å². The SMILES string of the molecule is FC(F)(F)c1cnc2c(c1)CN(c1ncnc3ccc(Cl)cc13)CC2. The molecule has 2 aromatic heterocycles. The Hall–Kier alpha value is -2.41. The molecule has 1 aliphatic heterocycles. The minimum Gasteiger partial charge on any atom is -0.351 e. The summed E-state index contributed by atoms with van der Waals surface area (Å²) in [6, 6.07) is 6.48. The summed E-state index contributed by atoms with van der Waals surface area (Å²) in [5.41, 5.74) is 1.27. The molecule has 8 heteroatoms. The number of alkyl halides is 3. The van der Waals surface area contributed by atoms with Crippen molar-refractivity contribution in [2.75, 3.05) is 11.4 Å². The van der Waals surface area contributed by atoms with Crippen LogP contribution in [0.4, 0.5) is 19.0 Å². The lowest BCUT2D eigenvalue weighted by molar-refractivity contribution is -0.137. The van der Waals surface area contributed by atoms with Gasteiger partial charge >= 0.3 is 6.18 Å². The van der Waals surface area contributed by atoms with Gasteiger partial charge in [0, 0.05) is 41.8 Å². The van der Waals surface area contributed by atoms with Crippen LogP contribution in [0, 0.1) is 0 Å². The number of hydrogen-bond acceptors (Lipinski definition) is 4. The lowest BCUT2D eigenvalue weighted by atomic mass is 10.0. The Labute approximate surface area is 146 Å². The lowest BCUT2D eigenvalue weighted by Crippen LogP contribution is -2.32. The first kappa shape index (κ1) is 16.1. The number of hydrogen-bond donors (Lipinski definition) is 0. The molecule has 4 rings (SSSR count). The van der Waals surface area contributed by atoms with Crippen molar-refractivity contribution in [3.8, 4) is 0 Å². The van der Waals surface area contributed by atoms with Crippen LogP contribution in [0.2, 0.25) is 5.02 Å². The zero-order valence-electron chi connectivity index (χ0n) is 12.9. The van der Waals surface area contributed by atoms with Crippen molar-refractivity contribution >= 4 is 28.3 Å². The summed E-state index contributed by atoms with van der Waals surface area (Å²) in [6.07, 6.45) is -1.50. The quantitative estimate of drug-likeness (QED) is 0.647. The Morgan fingerprint density at radius 3 is 2.72 bits per heavy atom. The number of fused-ring (bicyclic) bond motifs is 2. The highest BCUT2D eigenvalue weighted by Crippen LogP contribution is 2.33. The summed E-state index contributed by atoms with van der Waals surface area (Å²) in [5.74, 6) is 0.663. The molecule has 0 N–H and O–H groups in total. The third kappa shape index (κ3) is 3.00. The van der Waals surface area contributed by atoms with Crippen molar-refractivity contribution in [1.82, 2.24) is 15.0 Å². The van der Waals surface area contributed by atoms with E-state index in [0.717, 1.165) is 17.1 Å². The van der Waals surface area contributed by atoms with Gasteiger partial charge in [-0.05, 0) is 29.8 Å². The standard InChI is InChI=1S/C17H12ClF3N4/c18-12-1-2-15-13(6-12)16(24-9-23-15)25-4-3-14-10(8-25)5-11(7-22-14)17(19,20)21/h1-2,5-7,9H,3-4,8H2. The minimum absolute atomic E-state index is 0.310. The van der Waals surface area contributed by atoms with Gasteiger partial charge in [-0.1, -0.05) is 11.6 Å². The van der Waals surface area contributed by atoms with Gasteiger partial charge in [-0.2, -0.15) is 13.2 Å². The Bertz CT molecular complexity index is 958. The van der Waals surface area contributed by atoms with Crippen LogP contribution in [0.1, 0.15) is 16.8 Å². The van der Waals surface area contributed by atoms with E-state index >= 15 is 0 Å². The van der Waals surface area contributed by atoms with E-state index in [0.29, 0.717) is 41.6 Å². The third-order valence-corrected chi connectivity index (χ3v) is 4.48. The lowest BCUT2D eigenvalue weighted by Gasteiger charge is -2.30. The Kier molecular flexibility index (Phi) is 3.76. The normalized spacial score (nSPS) is 14.6. The van der Waals surface area contributed by atoms with Crippen molar-refractivity contribution in [2.45, 2.75) is 19.1 Å². The fourth-order valence-corrected chi connectivity index (χ4v) is 3.20. The van der Waals surface area contributed by atoms with Crippen molar-refractivity contribution < 1.29 is 13.2 Å². The molecular weight excluding hydrogens is 353 g/mol. The predicted molar refractivity (Wildman–Crippen MR) is 88.5 cm³/mol. The van der Waals surface area contributed by atoms with Gasteiger partial charge in [0.1, 0.15) is 12.1 Å². The smallest absolute Gasteiger partial charge is 0.351 e. The second-order valence-electron chi connectivity index (χ2n) is 5.86. The zero-order valence-corrected chi connectivity index (χ0v) is 13.6. The molecule has 4 nitrogen and oxygen atoms in total. The zero-order chi connectivity index (χ0) is 17.6. The molecule has 128 valence electrons. The molecule has 0 fully saturated rings. The topological polar surface area (TPSA) is 41.9 Å². The van der Waals surface area contributed by atoms with E-state index in [1.165, 1.54) is 12.4 Å². The third-order valence-electron chi connectivity index (χ3n) is 4.24. The van der Waals surface area contributed by atoms with Crippen LogP contribution in [0.3, 0.4) is 0 Å². The molecule has 0 saturated carbocycles. The van der Waals surface area contributed by atoms with Gasteiger partial charge in [0.15, 0.2) is 0 Å². The summed E-state index contributed by atoms with van der Waals surface area (Å²) < 4.78 is 38.8. The summed E-state index contributed by atoms with van der Waals surface area (Å²) >= 11 is 6.07. The number of anilines is 1. The molecule has 25 heavy (non-hydrogen) atoms. The summed E-state index contributed by atoms with van der Waals surface area (Å²) in [7, 11) is 0. The molecule has 0 bridgehead atoms. The first-order valence-corrected chi connectivity index (χ1v) is 8.00. The van der Waals surface area contributed by atoms with E-state index in [1.54, 1.807) is 18.2 Å². The van der Waals surface area contributed by atoms with Crippen LogP contribution in [0.15, 0.2) is 36.8 Å². The maximum Gasteiger partial charge on any atom is 0.417 e. The molecule has 0 spiro atoms. The van der Waals surface area contributed by atoms with Crippen molar-refractivity contribution in [2.24, 2.45) is 0 Å². The molecule has 1 aromatic carbocycles. The molecular formula is C17H12ClF3N4. The number of aromatic nitrogens is 3. The number of nitrogens with zero attached hydrogens (tertiary/aromatic N) is 4. The molecule has 0 unspecified atom stereocenters. The molecule has 3 aromatic rings. The summed E-state index contributed by atoms with van der Waals surface area (Å²) in [5, 5.41) is 1.33. The Morgan fingerprint density at radius 2 is 1.92 bits per heavy atom. The van der Waals surface area contributed by atoms with Crippen LogP contribution in [0.25, 0.3) is 10.9 Å². The van der Waals surface area contributed by atoms with Crippen LogP contribution in [-0.4, -0.2) is 21.5 Å². The average molecular weight is 365 g/mol. The highest BCUT2D eigenvalue weighted by molar-refractivity contribution is 6.31. The number of pyridine rings is 1. The van der Waals surface area contributed by atoms with Crippen molar-refractivity contribution in [1.29, 1.82) is 0 Å². The first-order valence-electron chi connectivity index (χ1n) is 7.62. The van der Waals surface area contributed by atoms with E-state index < -0.39 is 11.7 Å². The van der Waals surface area contributed by atoms with E-state index in [-0.39, 0.29) is 0 Å². The van der Waals surface area contributed by atoms with Gasteiger partial charge in [-0.25, -0.2) is 9.97 Å². The molecule has 0 aliphatic carbocycles. The Balaban J connectivity index is 1.74. The molecule has 3 heterocycles. The second-order valence-corrected chi connectivity index (χ2v) is 6.29. The van der Waals surface area contributed by atoms with E-state index in [2.05, 4.69) is 15.0 Å². The number of halogens is 4. The Morgan fingerprint density at radius 1 is 1.08 bits per heavy atom. The second kappa shape index (κ2) is 5.84. The van der Waals surface area contributed by atoms with Gasteiger partial charge in [-0.15, -0.1) is 0 Å². The minimum atomic E-state index is -4.40. The van der Waals surface area contributed by atoms with Crippen LogP contribution < -0.4 is 4.90 Å². The monoisotopic (exact) mass is 364 g/mol. The maximum atomic E-state index is 12.9. The number of rotatable bonds is 1. The van der Waals surface area contributed by atoms with Gasteiger partial charge < -0.3 is 4.90 Å². The van der Waals surface area contributed by atoms with Gasteiger partial charge in [0.2, 0.25) is 0 Å². The first-order chi connectivity index (χ1) is 11.9. The highest BCUT2D eigenvalue weighted by atomic mass is 35.5. The molecule has 0 saturated heterocycles. The van der Waals surface area contributed by atoms with Gasteiger partial charge in [0.25, 0.3) is 0 Å². The largest absolute Gasteiger partial charge is 0.417 e. The summed E-state index contributed by atoms with van der Waals surface area (Å²) in [6.45, 7) is 0.925. The predicted octanol–water partition coefficient (Wildman–Crippen LogP) is 4.26. The number of benzene rings is 1. The van der Waals surface area contributed by atoms with Crippen LogP contribution >= 0.6 is 11.6 Å². The van der Waals surface area contributed by atoms with E-state index in [1.807, 2.05) is 4.90 Å².